The van der Waals surface area contributed by atoms with Crippen molar-refractivity contribution in [2.45, 2.75) is 52.7 Å². The summed E-state index contributed by atoms with van der Waals surface area (Å²) in [5.41, 5.74) is 6.21. The second-order valence-corrected chi connectivity index (χ2v) is 6.12. The lowest BCUT2D eigenvalue weighted by Gasteiger charge is -2.58. The van der Waals surface area contributed by atoms with Crippen molar-refractivity contribution in [2.24, 2.45) is 11.1 Å². The van der Waals surface area contributed by atoms with E-state index in [0.29, 0.717) is 26.1 Å². The quantitative estimate of drug-likeness (QED) is 0.749. The first-order chi connectivity index (χ1) is 8.70. The molecule has 2 unspecified atom stereocenters. The highest BCUT2D eigenvalue weighted by Crippen LogP contribution is 2.50. The molecule has 0 radical (unpaired) electrons. The maximum atomic E-state index is 12.7. The molecule has 0 spiro atoms. The standard InChI is InChI=1S/C15H28N2O2/c1-7-17(10-11(3)4)13(18)15(16)9-12(19-8-2)14(15,5)6/h12H,3,7-10,16H2,1-2,4-6H3. The van der Waals surface area contributed by atoms with Gasteiger partial charge in [-0.25, -0.2) is 0 Å². The molecule has 0 aromatic carbocycles. The minimum atomic E-state index is -0.821. The Morgan fingerprint density at radius 3 is 2.42 bits per heavy atom. The second-order valence-electron chi connectivity index (χ2n) is 6.12. The van der Waals surface area contributed by atoms with Crippen molar-refractivity contribution < 1.29 is 9.53 Å². The molecule has 1 fully saturated rings. The number of nitrogens with zero attached hydrogens (tertiary/aromatic N) is 1. The maximum Gasteiger partial charge on any atom is 0.243 e. The molecule has 110 valence electrons. The van der Waals surface area contributed by atoms with E-state index < -0.39 is 5.54 Å². The van der Waals surface area contributed by atoms with Gasteiger partial charge in [-0.1, -0.05) is 26.0 Å². The molecular formula is C15H28N2O2. The topological polar surface area (TPSA) is 55.6 Å². The number of ether oxygens (including phenoxy) is 1. The molecule has 2 N–H and O–H groups in total. The third-order valence-electron chi connectivity index (χ3n) is 4.34. The summed E-state index contributed by atoms with van der Waals surface area (Å²) in [5, 5.41) is 0. The van der Waals surface area contributed by atoms with E-state index in [1.807, 2.05) is 34.6 Å². The Hall–Kier alpha value is -0.870. The molecule has 0 aliphatic heterocycles. The van der Waals surface area contributed by atoms with Crippen molar-refractivity contribution in [2.75, 3.05) is 19.7 Å². The van der Waals surface area contributed by atoms with Crippen LogP contribution < -0.4 is 5.73 Å². The number of hydrogen-bond acceptors (Lipinski definition) is 3. The SMILES string of the molecule is C=C(C)CN(CC)C(=O)C1(N)CC(OCC)C1(C)C. The van der Waals surface area contributed by atoms with Gasteiger partial charge < -0.3 is 15.4 Å². The fraction of sp³-hybridized carbons (Fsp3) is 0.800. The first-order valence-corrected chi connectivity index (χ1v) is 7.05. The molecule has 0 aromatic rings. The average molecular weight is 268 g/mol. The van der Waals surface area contributed by atoms with Crippen molar-refractivity contribution in [1.82, 2.24) is 4.90 Å². The van der Waals surface area contributed by atoms with Gasteiger partial charge in [0.1, 0.15) is 5.54 Å². The van der Waals surface area contributed by atoms with E-state index in [0.717, 1.165) is 5.57 Å². The van der Waals surface area contributed by atoms with E-state index in [9.17, 15) is 4.79 Å². The van der Waals surface area contributed by atoms with Crippen LogP contribution in [-0.4, -0.2) is 42.1 Å². The molecule has 4 heteroatoms. The highest BCUT2D eigenvalue weighted by molar-refractivity contribution is 5.89. The molecule has 2 atom stereocenters. The van der Waals surface area contributed by atoms with E-state index in [2.05, 4.69) is 6.58 Å². The van der Waals surface area contributed by atoms with Gasteiger partial charge in [0.25, 0.3) is 0 Å². The van der Waals surface area contributed by atoms with E-state index in [1.165, 1.54) is 0 Å². The van der Waals surface area contributed by atoms with Gasteiger partial charge in [0.2, 0.25) is 5.91 Å². The Morgan fingerprint density at radius 2 is 2.05 bits per heavy atom. The van der Waals surface area contributed by atoms with E-state index >= 15 is 0 Å². The second kappa shape index (κ2) is 5.63. The molecule has 1 amide bonds. The fourth-order valence-corrected chi connectivity index (χ4v) is 2.73. The summed E-state index contributed by atoms with van der Waals surface area (Å²) in [6.07, 6.45) is 0.661. The van der Waals surface area contributed by atoms with Gasteiger partial charge in [-0.2, -0.15) is 0 Å². The lowest BCUT2D eigenvalue weighted by atomic mass is 9.54. The highest BCUT2D eigenvalue weighted by Gasteiger charge is 2.63. The van der Waals surface area contributed by atoms with Crippen LogP contribution in [0, 0.1) is 5.41 Å². The van der Waals surface area contributed by atoms with Crippen LogP contribution in [0.5, 0.6) is 0 Å². The number of nitrogens with two attached hydrogens (primary N) is 1. The minimum Gasteiger partial charge on any atom is -0.378 e. The highest BCUT2D eigenvalue weighted by atomic mass is 16.5. The van der Waals surface area contributed by atoms with Crippen LogP contribution >= 0.6 is 0 Å². The van der Waals surface area contributed by atoms with Crippen molar-refractivity contribution in [3.05, 3.63) is 12.2 Å². The summed E-state index contributed by atoms with van der Waals surface area (Å²) in [4.78, 5) is 14.5. The summed E-state index contributed by atoms with van der Waals surface area (Å²) in [5.74, 6) is 0.0129. The van der Waals surface area contributed by atoms with Crippen molar-refractivity contribution in [1.29, 1.82) is 0 Å². The monoisotopic (exact) mass is 268 g/mol. The lowest BCUT2D eigenvalue weighted by Crippen LogP contribution is -2.76. The average Bonchev–Trinajstić information content (AvgIpc) is 2.34. The molecule has 1 rings (SSSR count). The summed E-state index contributed by atoms with van der Waals surface area (Å²) in [7, 11) is 0. The molecule has 0 saturated heterocycles. The molecular weight excluding hydrogens is 240 g/mol. The van der Waals surface area contributed by atoms with Crippen LogP contribution in [0.1, 0.15) is 41.0 Å². The number of likely N-dealkylation sites (N-methyl/N-ethyl adjacent to an activating group) is 1. The van der Waals surface area contributed by atoms with Crippen LogP contribution in [0.2, 0.25) is 0 Å². The molecule has 0 bridgehead atoms. The van der Waals surface area contributed by atoms with Gasteiger partial charge in [0.15, 0.2) is 0 Å². The van der Waals surface area contributed by atoms with E-state index in [1.54, 1.807) is 4.90 Å². The molecule has 1 saturated carbocycles. The predicted molar refractivity (Wildman–Crippen MR) is 77.8 cm³/mol. The van der Waals surface area contributed by atoms with Gasteiger partial charge in [-0.3, -0.25) is 4.79 Å². The van der Waals surface area contributed by atoms with Crippen molar-refractivity contribution in [3.63, 3.8) is 0 Å². The Bertz CT molecular complexity index is 365. The van der Waals surface area contributed by atoms with Crippen LogP contribution in [0.15, 0.2) is 12.2 Å². The molecule has 0 aromatic heterocycles. The zero-order chi connectivity index (χ0) is 14.8. The molecule has 1 aliphatic carbocycles. The van der Waals surface area contributed by atoms with Crippen LogP contribution in [-0.2, 0) is 9.53 Å². The number of hydrogen-bond donors (Lipinski definition) is 1. The van der Waals surface area contributed by atoms with Crippen LogP contribution in [0.4, 0.5) is 0 Å². The van der Waals surface area contributed by atoms with Gasteiger partial charge in [-0.05, 0) is 20.8 Å². The number of rotatable bonds is 6. The van der Waals surface area contributed by atoms with E-state index in [-0.39, 0.29) is 17.4 Å². The smallest absolute Gasteiger partial charge is 0.243 e. The lowest BCUT2D eigenvalue weighted by molar-refractivity contribution is -0.178. The summed E-state index contributed by atoms with van der Waals surface area (Å²) < 4.78 is 5.66. The Balaban J connectivity index is 2.84. The molecule has 4 nitrogen and oxygen atoms in total. The molecule has 0 heterocycles. The Morgan fingerprint density at radius 1 is 1.47 bits per heavy atom. The number of carbonyl (C=O) groups excluding carboxylic acids is 1. The molecule has 19 heavy (non-hydrogen) atoms. The predicted octanol–water partition coefficient (Wildman–Crippen LogP) is 1.94. The third kappa shape index (κ3) is 2.70. The van der Waals surface area contributed by atoms with Gasteiger partial charge >= 0.3 is 0 Å². The Labute approximate surface area is 117 Å². The van der Waals surface area contributed by atoms with Crippen LogP contribution in [0.25, 0.3) is 0 Å². The Kier molecular flexibility index (Phi) is 4.80. The van der Waals surface area contributed by atoms with Gasteiger partial charge in [0.05, 0.1) is 6.10 Å². The zero-order valence-electron chi connectivity index (χ0n) is 13.0. The molecule has 1 aliphatic rings. The van der Waals surface area contributed by atoms with Gasteiger partial charge in [0, 0.05) is 31.5 Å². The van der Waals surface area contributed by atoms with Gasteiger partial charge in [-0.15, -0.1) is 0 Å². The van der Waals surface area contributed by atoms with Crippen molar-refractivity contribution in [3.8, 4) is 0 Å². The first-order valence-electron chi connectivity index (χ1n) is 7.05. The van der Waals surface area contributed by atoms with Crippen LogP contribution in [0.3, 0.4) is 0 Å². The zero-order valence-corrected chi connectivity index (χ0v) is 13.0. The summed E-state index contributed by atoms with van der Waals surface area (Å²) in [6, 6.07) is 0. The maximum absolute atomic E-state index is 12.7. The summed E-state index contributed by atoms with van der Waals surface area (Å²) >= 11 is 0. The number of amides is 1. The largest absolute Gasteiger partial charge is 0.378 e. The third-order valence-corrected chi connectivity index (χ3v) is 4.34. The number of carbonyl (C=O) groups is 1. The fourth-order valence-electron chi connectivity index (χ4n) is 2.73. The van der Waals surface area contributed by atoms with Crippen molar-refractivity contribution >= 4 is 5.91 Å². The summed E-state index contributed by atoms with van der Waals surface area (Å²) in [6.45, 7) is 15.6. The van der Waals surface area contributed by atoms with E-state index in [4.69, 9.17) is 10.5 Å². The normalized spacial score (nSPS) is 28.6. The first kappa shape index (κ1) is 16.2. The minimum absolute atomic E-state index is 0.0129.